The number of nitrogens with zero attached hydrogens (tertiary/aromatic N) is 2. The van der Waals surface area contributed by atoms with Crippen molar-refractivity contribution in [1.82, 2.24) is 15.2 Å². The number of carbonyl (C=O) groups is 2. The van der Waals surface area contributed by atoms with E-state index in [-0.39, 0.29) is 30.1 Å². The third-order valence-corrected chi connectivity index (χ3v) is 4.67. The van der Waals surface area contributed by atoms with Crippen molar-refractivity contribution >= 4 is 23.3 Å². The van der Waals surface area contributed by atoms with Crippen LogP contribution in [0.3, 0.4) is 0 Å². The van der Waals surface area contributed by atoms with Crippen molar-refractivity contribution in [2.45, 2.75) is 38.8 Å². The predicted molar refractivity (Wildman–Crippen MR) is 77.5 cm³/mol. The molecule has 1 aliphatic rings. The first-order valence-corrected chi connectivity index (χ1v) is 7.69. The number of aromatic carboxylic acids is 1. The van der Waals surface area contributed by atoms with Gasteiger partial charge in [-0.05, 0) is 26.2 Å². The maximum Gasteiger partial charge on any atom is 0.347 e. The maximum absolute atomic E-state index is 12.1. The number of aromatic nitrogens is 1. The Hall–Kier alpha value is -1.67. The van der Waals surface area contributed by atoms with Crippen LogP contribution in [0.5, 0.6) is 0 Å². The summed E-state index contributed by atoms with van der Waals surface area (Å²) < 4.78 is 0. The van der Waals surface area contributed by atoms with E-state index in [9.17, 15) is 14.7 Å². The summed E-state index contributed by atoms with van der Waals surface area (Å²) in [5, 5.41) is 21.6. The first-order valence-electron chi connectivity index (χ1n) is 6.88. The largest absolute Gasteiger partial charge is 0.477 e. The summed E-state index contributed by atoms with van der Waals surface area (Å²) in [5.74, 6) is -1.00. The smallest absolute Gasteiger partial charge is 0.347 e. The number of hydrogen-bond acceptors (Lipinski definition) is 5. The number of carboxylic acid groups (broad SMARTS) is 1. The topological polar surface area (TPSA) is 103 Å². The second-order valence-corrected chi connectivity index (χ2v) is 6.10. The molecule has 1 fully saturated rings. The van der Waals surface area contributed by atoms with Gasteiger partial charge in [0.1, 0.15) is 9.88 Å². The standard InChI is InChI=1S/C13H19N3O4S/c1-8-11(12(18)19)21-10(15-8)6-14-13(20)16-5-3-2-4-9(16)7-17/h9,17H,2-7H2,1H3,(H,14,20)(H,18,19). The molecule has 1 saturated heterocycles. The highest BCUT2D eigenvalue weighted by Crippen LogP contribution is 2.19. The number of urea groups is 1. The lowest BCUT2D eigenvalue weighted by Gasteiger charge is -2.34. The number of hydrogen-bond donors (Lipinski definition) is 3. The maximum atomic E-state index is 12.1. The van der Waals surface area contributed by atoms with Gasteiger partial charge in [-0.15, -0.1) is 11.3 Å². The van der Waals surface area contributed by atoms with Crippen LogP contribution in [0.1, 0.15) is 39.6 Å². The number of thiazole rings is 1. The average Bonchev–Trinajstić information content (AvgIpc) is 2.86. The highest BCUT2D eigenvalue weighted by molar-refractivity contribution is 7.13. The van der Waals surface area contributed by atoms with E-state index >= 15 is 0 Å². The molecule has 116 valence electrons. The van der Waals surface area contributed by atoms with Crippen LogP contribution in [0.15, 0.2) is 0 Å². The highest BCUT2D eigenvalue weighted by Gasteiger charge is 2.26. The number of aliphatic hydroxyl groups excluding tert-OH is 1. The van der Waals surface area contributed by atoms with E-state index in [0.29, 0.717) is 17.2 Å². The third-order valence-electron chi connectivity index (χ3n) is 3.52. The van der Waals surface area contributed by atoms with Crippen molar-refractivity contribution in [1.29, 1.82) is 0 Å². The Morgan fingerprint density at radius 1 is 1.48 bits per heavy atom. The fourth-order valence-corrected chi connectivity index (χ4v) is 3.28. The molecule has 1 aromatic heterocycles. The number of nitrogens with one attached hydrogen (secondary N) is 1. The number of aliphatic hydroxyl groups is 1. The summed E-state index contributed by atoms with van der Waals surface area (Å²) >= 11 is 1.07. The number of piperidine rings is 1. The zero-order valence-electron chi connectivity index (χ0n) is 11.8. The van der Waals surface area contributed by atoms with Gasteiger partial charge in [-0.3, -0.25) is 0 Å². The molecular formula is C13H19N3O4S. The SMILES string of the molecule is Cc1nc(CNC(=O)N2CCCCC2CO)sc1C(=O)O. The van der Waals surface area contributed by atoms with Crippen molar-refractivity contribution in [3.05, 3.63) is 15.6 Å². The summed E-state index contributed by atoms with van der Waals surface area (Å²) in [6, 6.07) is -0.371. The Morgan fingerprint density at radius 2 is 2.24 bits per heavy atom. The van der Waals surface area contributed by atoms with Gasteiger partial charge in [-0.25, -0.2) is 14.6 Å². The summed E-state index contributed by atoms with van der Waals surface area (Å²) in [7, 11) is 0. The van der Waals surface area contributed by atoms with Crippen LogP contribution < -0.4 is 5.32 Å². The number of amides is 2. The van der Waals surface area contributed by atoms with Gasteiger partial charge in [-0.2, -0.15) is 0 Å². The zero-order valence-corrected chi connectivity index (χ0v) is 12.7. The molecule has 2 amide bonds. The van der Waals surface area contributed by atoms with Crippen LogP contribution in [0.2, 0.25) is 0 Å². The molecule has 21 heavy (non-hydrogen) atoms. The van der Waals surface area contributed by atoms with Crippen LogP contribution in [-0.2, 0) is 6.54 Å². The molecule has 1 atom stereocenters. The van der Waals surface area contributed by atoms with E-state index < -0.39 is 5.97 Å². The molecule has 2 heterocycles. The molecule has 3 N–H and O–H groups in total. The molecule has 2 rings (SSSR count). The first-order chi connectivity index (χ1) is 10.0. The molecule has 1 aliphatic heterocycles. The van der Waals surface area contributed by atoms with Gasteiger partial charge < -0.3 is 20.4 Å². The molecule has 0 radical (unpaired) electrons. The van der Waals surface area contributed by atoms with E-state index in [1.165, 1.54) is 0 Å². The number of rotatable bonds is 4. The number of carboxylic acids is 1. The van der Waals surface area contributed by atoms with Crippen LogP contribution >= 0.6 is 11.3 Å². The number of carbonyl (C=O) groups excluding carboxylic acids is 1. The molecule has 1 aromatic rings. The van der Waals surface area contributed by atoms with Crippen LogP contribution in [0.25, 0.3) is 0 Å². The Labute approximate surface area is 126 Å². The Kier molecular flexibility index (Phi) is 5.13. The van der Waals surface area contributed by atoms with Gasteiger partial charge in [0.05, 0.1) is 24.9 Å². The van der Waals surface area contributed by atoms with Crippen molar-refractivity contribution in [3.63, 3.8) is 0 Å². The summed E-state index contributed by atoms with van der Waals surface area (Å²) in [6.07, 6.45) is 2.76. The minimum absolute atomic E-state index is 0.0348. The van der Waals surface area contributed by atoms with Crippen molar-refractivity contribution < 1.29 is 19.8 Å². The van der Waals surface area contributed by atoms with Crippen LogP contribution in [-0.4, -0.2) is 51.3 Å². The Morgan fingerprint density at radius 3 is 2.86 bits per heavy atom. The van der Waals surface area contributed by atoms with E-state index in [1.807, 2.05) is 0 Å². The minimum atomic E-state index is -1.00. The van der Waals surface area contributed by atoms with Crippen molar-refractivity contribution in [2.75, 3.05) is 13.2 Å². The average molecular weight is 313 g/mol. The van der Waals surface area contributed by atoms with Crippen molar-refractivity contribution in [2.24, 2.45) is 0 Å². The van der Waals surface area contributed by atoms with Crippen molar-refractivity contribution in [3.8, 4) is 0 Å². The van der Waals surface area contributed by atoms with E-state index in [4.69, 9.17) is 5.11 Å². The van der Waals surface area contributed by atoms with Gasteiger partial charge in [0.2, 0.25) is 0 Å². The first kappa shape index (κ1) is 15.7. The lowest BCUT2D eigenvalue weighted by Crippen LogP contribution is -2.49. The Balaban J connectivity index is 1.94. The van der Waals surface area contributed by atoms with Gasteiger partial charge in [0.25, 0.3) is 0 Å². The lowest BCUT2D eigenvalue weighted by molar-refractivity contribution is 0.0701. The van der Waals surface area contributed by atoms with Gasteiger partial charge in [0, 0.05) is 6.54 Å². The zero-order chi connectivity index (χ0) is 15.4. The van der Waals surface area contributed by atoms with Gasteiger partial charge in [-0.1, -0.05) is 0 Å². The molecular weight excluding hydrogens is 294 g/mol. The molecule has 8 heteroatoms. The fourth-order valence-electron chi connectivity index (χ4n) is 2.44. The molecule has 1 unspecified atom stereocenters. The van der Waals surface area contributed by atoms with Crippen LogP contribution in [0, 0.1) is 6.92 Å². The molecule has 7 nitrogen and oxygen atoms in total. The van der Waals surface area contributed by atoms with E-state index in [1.54, 1.807) is 11.8 Å². The summed E-state index contributed by atoms with van der Waals surface area (Å²) in [5.41, 5.74) is 0.461. The van der Waals surface area contributed by atoms with Gasteiger partial charge >= 0.3 is 12.0 Å². The van der Waals surface area contributed by atoms with E-state index in [2.05, 4.69) is 10.3 Å². The van der Waals surface area contributed by atoms with E-state index in [0.717, 1.165) is 30.6 Å². The summed E-state index contributed by atoms with van der Waals surface area (Å²) in [4.78, 5) is 29.1. The van der Waals surface area contributed by atoms with Gasteiger partial charge in [0.15, 0.2) is 0 Å². The molecule has 0 aromatic carbocycles. The summed E-state index contributed by atoms with van der Waals surface area (Å²) in [6.45, 7) is 2.44. The molecule has 0 aliphatic carbocycles. The monoisotopic (exact) mass is 313 g/mol. The highest BCUT2D eigenvalue weighted by atomic mass is 32.1. The second-order valence-electron chi connectivity index (χ2n) is 5.01. The number of aryl methyl sites for hydroxylation is 1. The third kappa shape index (κ3) is 3.70. The van der Waals surface area contributed by atoms with Crippen LogP contribution in [0.4, 0.5) is 4.79 Å². The second kappa shape index (κ2) is 6.86. The molecule has 0 saturated carbocycles. The Bertz CT molecular complexity index is 531. The molecule has 0 spiro atoms. The quantitative estimate of drug-likeness (QED) is 0.775. The predicted octanol–water partition coefficient (Wildman–Crippen LogP) is 1.21. The fraction of sp³-hybridized carbons (Fsp3) is 0.615. The lowest BCUT2D eigenvalue weighted by atomic mass is 10.0. The number of likely N-dealkylation sites (tertiary alicyclic amines) is 1. The normalized spacial score (nSPS) is 18.6. The molecule has 0 bridgehead atoms. The minimum Gasteiger partial charge on any atom is -0.477 e.